The molecule has 0 saturated heterocycles. The van der Waals surface area contributed by atoms with E-state index in [1.165, 1.54) is 11.1 Å². The zero-order valence-electron chi connectivity index (χ0n) is 15.7. The summed E-state index contributed by atoms with van der Waals surface area (Å²) >= 11 is 0. The highest BCUT2D eigenvalue weighted by Gasteiger charge is 2.04. The molecular weight excluding hydrogens is 278 g/mol. The van der Waals surface area contributed by atoms with Crippen LogP contribution < -0.4 is 5.32 Å². The lowest BCUT2D eigenvalue weighted by Crippen LogP contribution is -2.01. The van der Waals surface area contributed by atoms with E-state index in [-0.39, 0.29) is 0 Å². The Hall–Kier alpha value is -2.02. The maximum absolute atomic E-state index is 3.65. The predicted molar refractivity (Wildman–Crippen MR) is 107 cm³/mol. The molecule has 2 aromatic carbocycles. The smallest absolute Gasteiger partial charge is 0.0337 e. The van der Waals surface area contributed by atoms with Gasteiger partial charge in [-0.05, 0) is 35.1 Å². The molecule has 0 aliphatic carbocycles. The second-order valence-corrected chi connectivity index (χ2v) is 6.25. The summed E-state index contributed by atoms with van der Waals surface area (Å²) in [6.07, 6.45) is 3.06. The van der Waals surface area contributed by atoms with E-state index in [1.54, 1.807) is 0 Å². The van der Waals surface area contributed by atoms with E-state index in [9.17, 15) is 0 Å². The van der Waals surface area contributed by atoms with Crippen LogP contribution in [0.3, 0.4) is 0 Å². The van der Waals surface area contributed by atoms with Gasteiger partial charge in [0, 0.05) is 12.7 Å². The zero-order valence-corrected chi connectivity index (χ0v) is 15.7. The number of allylic oxidation sites excluding steroid dienone is 1. The van der Waals surface area contributed by atoms with Crippen LogP contribution in [0.2, 0.25) is 0 Å². The van der Waals surface area contributed by atoms with Crippen LogP contribution in [0, 0.1) is 5.41 Å². The Morgan fingerprint density at radius 3 is 1.70 bits per heavy atom. The third-order valence-electron chi connectivity index (χ3n) is 3.04. The van der Waals surface area contributed by atoms with E-state index in [0.29, 0.717) is 5.41 Å². The van der Waals surface area contributed by atoms with Crippen LogP contribution in [0.4, 0.5) is 5.69 Å². The average molecular weight is 312 g/mol. The van der Waals surface area contributed by atoms with E-state index < -0.39 is 0 Å². The van der Waals surface area contributed by atoms with Crippen molar-refractivity contribution in [2.24, 2.45) is 5.41 Å². The van der Waals surface area contributed by atoms with E-state index in [4.69, 9.17) is 0 Å². The van der Waals surface area contributed by atoms with Gasteiger partial charge in [0.05, 0.1) is 0 Å². The van der Waals surface area contributed by atoms with Crippen LogP contribution in [-0.2, 0) is 0 Å². The Morgan fingerprint density at radius 1 is 0.870 bits per heavy atom. The summed E-state index contributed by atoms with van der Waals surface area (Å²) in [7, 11) is 1.93. The van der Waals surface area contributed by atoms with Gasteiger partial charge in [0.2, 0.25) is 0 Å². The Labute approximate surface area is 143 Å². The zero-order chi connectivity index (χ0) is 17.7. The molecule has 23 heavy (non-hydrogen) atoms. The Bertz CT molecular complexity index is 518. The molecular formula is C22H33N. The molecule has 0 aromatic heterocycles. The van der Waals surface area contributed by atoms with Crippen molar-refractivity contribution in [1.29, 1.82) is 0 Å². The summed E-state index contributed by atoms with van der Waals surface area (Å²) < 4.78 is 0. The van der Waals surface area contributed by atoms with Gasteiger partial charge in [0.15, 0.2) is 0 Å². The van der Waals surface area contributed by atoms with Crippen LogP contribution in [-0.4, -0.2) is 7.05 Å². The van der Waals surface area contributed by atoms with Crippen molar-refractivity contribution in [1.82, 2.24) is 0 Å². The Balaban J connectivity index is 0.000000460. The van der Waals surface area contributed by atoms with E-state index >= 15 is 0 Å². The maximum Gasteiger partial charge on any atom is 0.0337 e. The van der Waals surface area contributed by atoms with Crippen molar-refractivity contribution in [3.63, 3.8) is 0 Å². The lowest BCUT2D eigenvalue weighted by atomic mass is 9.93. The first kappa shape index (κ1) is 21.0. The monoisotopic (exact) mass is 311 g/mol. The lowest BCUT2D eigenvalue weighted by Gasteiger charge is -2.13. The molecule has 0 spiro atoms. The molecule has 0 amide bonds. The second-order valence-electron chi connectivity index (χ2n) is 6.25. The number of hydrogen-bond donors (Lipinski definition) is 1. The van der Waals surface area contributed by atoms with Gasteiger partial charge in [-0.2, -0.15) is 0 Å². The summed E-state index contributed by atoms with van der Waals surface area (Å²) in [5, 5.41) is 3.11. The van der Waals surface area contributed by atoms with Crippen LogP contribution in [0.25, 0.3) is 11.1 Å². The summed E-state index contributed by atoms with van der Waals surface area (Å²) in [5.74, 6) is 0. The summed E-state index contributed by atoms with van der Waals surface area (Å²) in [5.41, 5.74) is 4.09. The standard InChI is InChI=1S/C13H13N.C7H14.C2H6/c1-14-13-9-7-12(8-10-13)11-5-3-2-4-6-11;1-5-6-7(2,3)4;1-2/h2-10,14H,1H3;5H,1,6H2,2-4H3;1-2H3. The first-order valence-corrected chi connectivity index (χ1v) is 8.40. The van der Waals surface area contributed by atoms with Crippen molar-refractivity contribution < 1.29 is 0 Å². The third kappa shape index (κ3) is 9.57. The molecule has 1 N–H and O–H groups in total. The first-order chi connectivity index (χ1) is 11.0. The first-order valence-electron chi connectivity index (χ1n) is 8.40. The summed E-state index contributed by atoms with van der Waals surface area (Å²) in [6, 6.07) is 18.8. The fraction of sp³-hybridized carbons (Fsp3) is 0.364. The molecule has 2 rings (SSSR count). The number of nitrogens with one attached hydrogen (secondary N) is 1. The number of hydrogen-bond acceptors (Lipinski definition) is 1. The van der Waals surface area contributed by atoms with Crippen molar-refractivity contribution in [3.8, 4) is 11.1 Å². The van der Waals surface area contributed by atoms with Gasteiger partial charge < -0.3 is 5.32 Å². The molecule has 0 fully saturated rings. The average Bonchev–Trinajstić information content (AvgIpc) is 2.57. The fourth-order valence-electron chi connectivity index (χ4n) is 1.89. The van der Waals surface area contributed by atoms with E-state index in [1.807, 2.05) is 33.0 Å². The molecule has 0 aliphatic heterocycles. The minimum atomic E-state index is 0.432. The molecule has 0 bridgehead atoms. The highest BCUT2D eigenvalue weighted by atomic mass is 14.8. The molecule has 2 aromatic rings. The molecule has 0 heterocycles. The fourth-order valence-corrected chi connectivity index (χ4v) is 1.89. The molecule has 126 valence electrons. The normalized spacial score (nSPS) is 9.65. The van der Waals surface area contributed by atoms with Gasteiger partial charge in [-0.15, -0.1) is 6.58 Å². The van der Waals surface area contributed by atoms with E-state index in [0.717, 1.165) is 12.1 Å². The number of anilines is 1. The molecule has 0 aliphatic rings. The van der Waals surface area contributed by atoms with Crippen LogP contribution >= 0.6 is 0 Å². The number of benzene rings is 2. The highest BCUT2D eigenvalue weighted by molar-refractivity contribution is 5.65. The maximum atomic E-state index is 3.65. The molecule has 0 saturated carbocycles. The van der Waals surface area contributed by atoms with Crippen molar-refractivity contribution >= 4 is 5.69 Å². The molecule has 0 unspecified atom stereocenters. The SMILES string of the molecule is C=CCC(C)(C)C.CC.CNc1ccc(-c2ccccc2)cc1. The topological polar surface area (TPSA) is 12.0 Å². The van der Waals surface area contributed by atoms with Gasteiger partial charge in [0.1, 0.15) is 0 Å². The highest BCUT2D eigenvalue weighted by Crippen LogP contribution is 2.20. The molecule has 0 radical (unpaired) electrons. The molecule has 0 atom stereocenters. The summed E-state index contributed by atoms with van der Waals surface area (Å²) in [6.45, 7) is 14.3. The van der Waals surface area contributed by atoms with Gasteiger partial charge in [-0.3, -0.25) is 0 Å². The number of rotatable bonds is 3. The Kier molecular flexibility index (Phi) is 10.5. The second kappa shape index (κ2) is 11.5. The van der Waals surface area contributed by atoms with Crippen molar-refractivity contribution in [2.45, 2.75) is 41.0 Å². The third-order valence-corrected chi connectivity index (χ3v) is 3.04. The lowest BCUT2D eigenvalue weighted by molar-refractivity contribution is 0.421. The van der Waals surface area contributed by atoms with Gasteiger partial charge in [-0.25, -0.2) is 0 Å². The van der Waals surface area contributed by atoms with Gasteiger partial charge in [-0.1, -0.05) is 83.2 Å². The van der Waals surface area contributed by atoms with Crippen LogP contribution in [0.5, 0.6) is 0 Å². The minimum absolute atomic E-state index is 0.432. The van der Waals surface area contributed by atoms with E-state index in [2.05, 4.69) is 81.2 Å². The van der Waals surface area contributed by atoms with Crippen LogP contribution in [0.1, 0.15) is 41.0 Å². The van der Waals surface area contributed by atoms with Gasteiger partial charge >= 0.3 is 0 Å². The quantitative estimate of drug-likeness (QED) is 0.600. The minimum Gasteiger partial charge on any atom is -0.388 e. The van der Waals surface area contributed by atoms with Crippen molar-refractivity contribution in [3.05, 3.63) is 67.3 Å². The molecule has 1 heteroatoms. The predicted octanol–water partition coefficient (Wildman–Crippen LogP) is 7.03. The summed E-state index contributed by atoms with van der Waals surface area (Å²) in [4.78, 5) is 0. The largest absolute Gasteiger partial charge is 0.388 e. The van der Waals surface area contributed by atoms with Crippen LogP contribution in [0.15, 0.2) is 67.3 Å². The van der Waals surface area contributed by atoms with Gasteiger partial charge in [0.25, 0.3) is 0 Å². The Morgan fingerprint density at radius 2 is 1.35 bits per heavy atom. The molecule has 1 nitrogen and oxygen atoms in total. The van der Waals surface area contributed by atoms with Crippen molar-refractivity contribution in [2.75, 3.05) is 12.4 Å².